The molecule has 1 fully saturated rings. The van der Waals surface area contributed by atoms with Gasteiger partial charge in [0.15, 0.2) is 0 Å². The maximum absolute atomic E-state index is 11.6. The van der Waals surface area contributed by atoms with Gasteiger partial charge in [0.05, 0.1) is 24.6 Å². The Morgan fingerprint density at radius 1 is 1.50 bits per heavy atom. The highest BCUT2D eigenvalue weighted by atomic mass is 16.4. The molecule has 8 nitrogen and oxygen atoms in total. The maximum atomic E-state index is 11.6. The Bertz CT molecular complexity index is 681. The number of aromatic nitrogens is 3. The van der Waals surface area contributed by atoms with E-state index in [1.165, 1.54) is 6.33 Å². The molecule has 3 heterocycles. The minimum atomic E-state index is -1.49. The largest absolute Gasteiger partial charge is 0.393 e. The van der Waals surface area contributed by atoms with Crippen molar-refractivity contribution in [1.82, 2.24) is 19.9 Å². The number of hydrogen-bond donors (Lipinski definition) is 5. The first-order valence-electron chi connectivity index (χ1n) is 6.31. The molecule has 0 amide bonds. The first kappa shape index (κ1) is 13.3. The average Bonchev–Trinajstić information content (AvgIpc) is 2.94. The van der Waals surface area contributed by atoms with Crippen LogP contribution in [-0.4, -0.2) is 66.6 Å². The molecule has 2 aromatic heterocycles. The Morgan fingerprint density at radius 2 is 2.30 bits per heavy atom. The van der Waals surface area contributed by atoms with Gasteiger partial charge < -0.3 is 25.3 Å². The van der Waals surface area contributed by atoms with Crippen molar-refractivity contribution in [2.24, 2.45) is 0 Å². The summed E-state index contributed by atoms with van der Waals surface area (Å²) in [5, 5.41) is 28.9. The van der Waals surface area contributed by atoms with Gasteiger partial charge in [-0.25, -0.2) is 4.98 Å². The predicted octanol–water partition coefficient (Wildman–Crippen LogP) is -1.85. The van der Waals surface area contributed by atoms with E-state index in [0.29, 0.717) is 17.6 Å². The standard InChI is InChI=1S/C12H16N4O4/c17-5-12(20)4-16(3-8(12)18)2-7-1-13-10-9(7)14-6-15-11(10)19/h1,6,8,13,17-18,20H,2-5H2,(H,14,15,19)/t8-,12-/m1/s1. The summed E-state index contributed by atoms with van der Waals surface area (Å²) in [5.74, 6) is 0. The number of fused-ring (bicyclic) bond motifs is 1. The van der Waals surface area contributed by atoms with Crippen molar-refractivity contribution in [3.05, 3.63) is 28.4 Å². The van der Waals surface area contributed by atoms with Gasteiger partial charge in [0, 0.05) is 31.4 Å². The van der Waals surface area contributed by atoms with Crippen molar-refractivity contribution in [2.45, 2.75) is 18.2 Å². The van der Waals surface area contributed by atoms with E-state index < -0.39 is 18.3 Å². The highest BCUT2D eigenvalue weighted by Gasteiger charge is 2.43. The lowest BCUT2D eigenvalue weighted by Crippen LogP contribution is -2.45. The number of likely N-dealkylation sites (tertiary alicyclic amines) is 1. The van der Waals surface area contributed by atoms with Crippen molar-refractivity contribution < 1.29 is 15.3 Å². The number of nitrogens with zero attached hydrogens (tertiary/aromatic N) is 2. The first-order valence-corrected chi connectivity index (χ1v) is 6.31. The molecule has 5 N–H and O–H groups in total. The molecule has 0 spiro atoms. The van der Waals surface area contributed by atoms with Gasteiger partial charge >= 0.3 is 0 Å². The minimum Gasteiger partial charge on any atom is -0.393 e. The number of nitrogens with one attached hydrogen (secondary N) is 2. The van der Waals surface area contributed by atoms with Crippen LogP contribution >= 0.6 is 0 Å². The van der Waals surface area contributed by atoms with Crippen LogP contribution in [0.25, 0.3) is 11.0 Å². The van der Waals surface area contributed by atoms with Gasteiger partial charge in [-0.3, -0.25) is 9.69 Å². The lowest BCUT2D eigenvalue weighted by atomic mass is 10.0. The number of β-amino-alcohol motifs (C(OH)–C–C–N with tert-alkyl or cyclic N) is 2. The monoisotopic (exact) mass is 280 g/mol. The lowest BCUT2D eigenvalue weighted by Gasteiger charge is -2.22. The van der Waals surface area contributed by atoms with Crippen LogP contribution in [0.1, 0.15) is 5.56 Å². The van der Waals surface area contributed by atoms with Crippen molar-refractivity contribution in [3.63, 3.8) is 0 Å². The predicted molar refractivity (Wildman–Crippen MR) is 70.0 cm³/mol. The molecule has 2 atom stereocenters. The van der Waals surface area contributed by atoms with Gasteiger partial charge in [-0.1, -0.05) is 0 Å². The van der Waals surface area contributed by atoms with Gasteiger partial charge in [0.1, 0.15) is 11.1 Å². The van der Waals surface area contributed by atoms with Crippen LogP contribution in [0.2, 0.25) is 0 Å². The van der Waals surface area contributed by atoms with Gasteiger partial charge in [-0.15, -0.1) is 0 Å². The topological polar surface area (TPSA) is 125 Å². The summed E-state index contributed by atoms with van der Waals surface area (Å²) in [6.07, 6.45) is 2.04. The number of aliphatic hydroxyl groups excluding tert-OH is 2. The van der Waals surface area contributed by atoms with E-state index in [-0.39, 0.29) is 18.6 Å². The molecule has 108 valence electrons. The zero-order chi connectivity index (χ0) is 14.3. The van der Waals surface area contributed by atoms with Crippen molar-refractivity contribution in [2.75, 3.05) is 19.7 Å². The second kappa shape index (κ2) is 4.67. The Balaban J connectivity index is 1.85. The van der Waals surface area contributed by atoms with Crippen LogP contribution in [0.5, 0.6) is 0 Å². The summed E-state index contributed by atoms with van der Waals surface area (Å²) in [4.78, 5) is 22.9. The fourth-order valence-corrected chi connectivity index (χ4v) is 2.61. The van der Waals surface area contributed by atoms with Gasteiger partial charge in [0.25, 0.3) is 5.56 Å². The molecular formula is C12H16N4O4. The van der Waals surface area contributed by atoms with E-state index in [2.05, 4.69) is 15.0 Å². The molecule has 0 saturated carbocycles. The molecule has 1 aliphatic rings. The van der Waals surface area contributed by atoms with Crippen LogP contribution < -0.4 is 5.56 Å². The molecule has 0 unspecified atom stereocenters. The minimum absolute atomic E-state index is 0.167. The third kappa shape index (κ3) is 2.02. The fraction of sp³-hybridized carbons (Fsp3) is 0.500. The molecule has 0 aromatic carbocycles. The quantitative estimate of drug-likeness (QED) is 0.449. The maximum Gasteiger partial charge on any atom is 0.275 e. The van der Waals surface area contributed by atoms with Crippen molar-refractivity contribution in [1.29, 1.82) is 0 Å². The Morgan fingerprint density at radius 3 is 3.00 bits per heavy atom. The summed E-state index contributed by atoms with van der Waals surface area (Å²) in [5.41, 5.74) is 0.0502. The van der Waals surface area contributed by atoms with E-state index in [9.17, 15) is 15.0 Å². The normalized spacial score (nSPS) is 27.4. The molecule has 3 rings (SSSR count). The molecule has 20 heavy (non-hydrogen) atoms. The summed E-state index contributed by atoms with van der Waals surface area (Å²) >= 11 is 0. The third-order valence-electron chi connectivity index (χ3n) is 3.76. The summed E-state index contributed by atoms with van der Waals surface area (Å²) in [6.45, 7) is 0.361. The molecule has 8 heteroatoms. The lowest BCUT2D eigenvalue weighted by molar-refractivity contribution is -0.0746. The first-order chi connectivity index (χ1) is 9.53. The second-order valence-electron chi connectivity index (χ2n) is 5.22. The van der Waals surface area contributed by atoms with Crippen LogP contribution in [0.3, 0.4) is 0 Å². The third-order valence-corrected chi connectivity index (χ3v) is 3.76. The SMILES string of the molecule is O=c1[nH]cnc2c(CN3C[C@@H](O)[C@](O)(CO)C3)c[nH]c12. The van der Waals surface area contributed by atoms with E-state index in [0.717, 1.165) is 5.56 Å². The van der Waals surface area contributed by atoms with Crippen LogP contribution in [0.15, 0.2) is 17.3 Å². The molecule has 1 saturated heterocycles. The molecule has 0 radical (unpaired) electrons. The highest BCUT2D eigenvalue weighted by molar-refractivity contribution is 5.77. The van der Waals surface area contributed by atoms with Crippen LogP contribution in [0, 0.1) is 0 Å². The van der Waals surface area contributed by atoms with Crippen LogP contribution in [-0.2, 0) is 6.54 Å². The van der Waals surface area contributed by atoms with E-state index >= 15 is 0 Å². The average molecular weight is 280 g/mol. The zero-order valence-electron chi connectivity index (χ0n) is 10.7. The number of aromatic amines is 2. The van der Waals surface area contributed by atoms with Crippen LogP contribution in [0.4, 0.5) is 0 Å². The number of rotatable bonds is 3. The molecule has 1 aliphatic heterocycles. The van der Waals surface area contributed by atoms with Gasteiger partial charge in [0.2, 0.25) is 0 Å². The smallest absolute Gasteiger partial charge is 0.275 e. The van der Waals surface area contributed by atoms with Gasteiger partial charge in [-0.05, 0) is 0 Å². The van der Waals surface area contributed by atoms with E-state index in [4.69, 9.17) is 5.11 Å². The molecule has 2 aromatic rings. The molecule has 0 aliphatic carbocycles. The van der Waals surface area contributed by atoms with E-state index in [1.807, 2.05) is 4.90 Å². The van der Waals surface area contributed by atoms with Gasteiger partial charge in [-0.2, -0.15) is 0 Å². The fourth-order valence-electron chi connectivity index (χ4n) is 2.61. The summed E-state index contributed by atoms with van der Waals surface area (Å²) in [7, 11) is 0. The van der Waals surface area contributed by atoms with Crippen molar-refractivity contribution in [3.8, 4) is 0 Å². The molecular weight excluding hydrogens is 264 g/mol. The Kier molecular flexibility index (Phi) is 3.09. The summed E-state index contributed by atoms with van der Waals surface area (Å²) < 4.78 is 0. The van der Waals surface area contributed by atoms with Crippen molar-refractivity contribution >= 4 is 11.0 Å². The molecule has 0 bridgehead atoms. The number of hydrogen-bond acceptors (Lipinski definition) is 6. The zero-order valence-corrected chi connectivity index (χ0v) is 10.7. The summed E-state index contributed by atoms with van der Waals surface area (Å²) in [6, 6.07) is 0. The number of H-pyrrole nitrogens is 2. The highest BCUT2D eigenvalue weighted by Crippen LogP contribution is 2.24. The second-order valence-corrected chi connectivity index (χ2v) is 5.22. The Hall–Kier alpha value is -1.74. The number of aliphatic hydroxyl groups is 3. The Labute approximate surface area is 113 Å². The van der Waals surface area contributed by atoms with E-state index in [1.54, 1.807) is 6.20 Å².